The van der Waals surface area contributed by atoms with Gasteiger partial charge in [-0.1, -0.05) is 28.9 Å². The summed E-state index contributed by atoms with van der Waals surface area (Å²) in [6.07, 6.45) is 4.53. The number of nitro benzene ring substituents is 1. The van der Waals surface area contributed by atoms with E-state index in [0.717, 1.165) is 37.9 Å². The first-order valence-electron chi connectivity index (χ1n) is 8.89. The summed E-state index contributed by atoms with van der Waals surface area (Å²) >= 11 is 0. The van der Waals surface area contributed by atoms with Crippen LogP contribution in [0.1, 0.15) is 40.7 Å². The summed E-state index contributed by atoms with van der Waals surface area (Å²) in [7, 11) is 0. The van der Waals surface area contributed by atoms with Gasteiger partial charge in [0.1, 0.15) is 5.69 Å². The third-order valence-corrected chi connectivity index (χ3v) is 4.52. The molecule has 1 fully saturated rings. The Morgan fingerprint density at radius 2 is 1.85 bits per heavy atom. The third-order valence-electron chi connectivity index (χ3n) is 4.52. The van der Waals surface area contributed by atoms with E-state index in [2.05, 4.69) is 5.16 Å². The molecule has 7 nitrogen and oxygen atoms in total. The minimum atomic E-state index is -0.578. The average Bonchev–Trinajstić information content (AvgIpc) is 2.69. The maximum absolute atomic E-state index is 11.9. The van der Waals surface area contributed by atoms with Gasteiger partial charge in [0.15, 0.2) is 0 Å². The number of nitro groups is 1. The lowest BCUT2D eigenvalue weighted by Crippen LogP contribution is -2.29. The second kappa shape index (κ2) is 8.44. The molecular formula is C20H21N3O4. The van der Waals surface area contributed by atoms with Crippen molar-refractivity contribution >= 4 is 23.6 Å². The van der Waals surface area contributed by atoms with Crippen LogP contribution in [0.25, 0.3) is 0 Å². The van der Waals surface area contributed by atoms with E-state index in [1.165, 1.54) is 12.3 Å². The van der Waals surface area contributed by atoms with E-state index in [0.29, 0.717) is 16.8 Å². The number of hydrogen-bond acceptors (Lipinski definition) is 6. The molecule has 2 aromatic carbocycles. The SMILES string of the molecule is Cc1ccc(C(=O)ON=Cc2ccc(N3CCCCC3)c([N+](=O)[O-])c2)cc1. The molecule has 27 heavy (non-hydrogen) atoms. The van der Waals surface area contributed by atoms with Gasteiger partial charge < -0.3 is 9.74 Å². The van der Waals surface area contributed by atoms with Gasteiger partial charge in [-0.3, -0.25) is 10.1 Å². The molecule has 1 aliphatic rings. The normalized spacial score (nSPS) is 14.3. The fourth-order valence-electron chi connectivity index (χ4n) is 3.05. The van der Waals surface area contributed by atoms with E-state index in [4.69, 9.17) is 4.84 Å². The highest BCUT2D eigenvalue weighted by Crippen LogP contribution is 2.30. The quantitative estimate of drug-likeness (QED) is 0.344. The number of carbonyl (C=O) groups is 1. The number of piperidine rings is 1. The fraction of sp³-hybridized carbons (Fsp3) is 0.300. The molecule has 3 rings (SSSR count). The number of carbonyl (C=O) groups excluding carboxylic acids is 1. The van der Waals surface area contributed by atoms with Crippen LogP contribution in [0.15, 0.2) is 47.6 Å². The van der Waals surface area contributed by atoms with Crippen molar-refractivity contribution in [3.05, 3.63) is 69.3 Å². The summed E-state index contributed by atoms with van der Waals surface area (Å²) in [5, 5.41) is 15.1. The molecule has 0 aliphatic carbocycles. The van der Waals surface area contributed by atoms with Crippen molar-refractivity contribution in [2.45, 2.75) is 26.2 Å². The lowest BCUT2D eigenvalue weighted by Gasteiger charge is -2.28. The lowest BCUT2D eigenvalue weighted by atomic mass is 10.1. The summed E-state index contributed by atoms with van der Waals surface area (Å²) in [6.45, 7) is 3.57. The zero-order valence-corrected chi connectivity index (χ0v) is 15.1. The molecule has 1 aliphatic heterocycles. The summed E-state index contributed by atoms with van der Waals surface area (Å²) in [5.74, 6) is -0.578. The van der Waals surface area contributed by atoms with E-state index in [-0.39, 0.29) is 10.6 Å². The maximum atomic E-state index is 11.9. The van der Waals surface area contributed by atoms with Crippen molar-refractivity contribution < 1.29 is 14.6 Å². The van der Waals surface area contributed by atoms with Gasteiger partial charge in [-0.2, -0.15) is 0 Å². The Balaban J connectivity index is 1.71. The maximum Gasteiger partial charge on any atom is 0.365 e. The van der Waals surface area contributed by atoms with Crippen LogP contribution in [0.3, 0.4) is 0 Å². The Bertz CT molecular complexity index is 856. The van der Waals surface area contributed by atoms with E-state index in [1.807, 2.05) is 24.0 Å². The van der Waals surface area contributed by atoms with Crippen LogP contribution in [0.2, 0.25) is 0 Å². The van der Waals surface area contributed by atoms with Crippen LogP contribution < -0.4 is 4.90 Å². The molecule has 2 aromatic rings. The lowest BCUT2D eigenvalue weighted by molar-refractivity contribution is -0.384. The Hall–Kier alpha value is -3.22. The Morgan fingerprint density at radius 1 is 1.15 bits per heavy atom. The standard InChI is InChI=1S/C20H21N3O4/c1-15-5-8-17(9-6-15)20(24)27-21-14-16-7-10-18(19(13-16)23(25)26)22-11-3-2-4-12-22/h5-10,13-14H,2-4,11-12H2,1H3. The van der Waals surface area contributed by atoms with Gasteiger partial charge in [0.2, 0.25) is 0 Å². The molecule has 0 atom stereocenters. The smallest absolute Gasteiger partial charge is 0.365 e. The van der Waals surface area contributed by atoms with Gasteiger partial charge in [-0.15, -0.1) is 0 Å². The molecule has 140 valence electrons. The number of anilines is 1. The zero-order valence-electron chi connectivity index (χ0n) is 15.1. The molecule has 0 spiro atoms. The van der Waals surface area contributed by atoms with Crippen LogP contribution in [0.4, 0.5) is 11.4 Å². The molecule has 0 radical (unpaired) electrons. The summed E-state index contributed by atoms with van der Waals surface area (Å²) in [5.41, 5.74) is 2.58. The van der Waals surface area contributed by atoms with Crippen LogP contribution in [-0.4, -0.2) is 30.2 Å². The largest absolute Gasteiger partial charge is 0.366 e. The Morgan fingerprint density at radius 3 is 2.52 bits per heavy atom. The van der Waals surface area contributed by atoms with Crippen LogP contribution >= 0.6 is 0 Å². The molecule has 0 amide bonds. The minimum Gasteiger partial charge on any atom is -0.366 e. The summed E-state index contributed by atoms with van der Waals surface area (Å²) in [6, 6.07) is 11.8. The van der Waals surface area contributed by atoms with Crippen LogP contribution in [0, 0.1) is 17.0 Å². The van der Waals surface area contributed by atoms with Gasteiger partial charge in [-0.25, -0.2) is 4.79 Å². The van der Waals surface area contributed by atoms with E-state index in [9.17, 15) is 14.9 Å². The summed E-state index contributed by atoms with van der Waals surface area (Å²) in [4.78, 5) is 29.9. The molecular weight excluding hydrogens is 346 g/mol. The zero-order chi connectivity index (χ0) is 19.2. The molecule has 0 aromatic heterocycles. The second-order valence-corrected chi connectivity index (χ2v) is 6.53. The first-order valence-corrected chi connectivity index (χ1v) is 8.89. The number of benzene rings is 2. The number of oxime groups is 1. The highest BCUT2D eigenvalue weighted by molar-refractivity contribution is 5.90. The topological polar surface area (TPSA) is 85.0 Å². The predicted molar refractivity (Wildman–Crippen MR) is 103 cm³/mol. The fourth-order valence-corrected chi connectivity index (χ4v) is 3.05. The van der Waals surface area contributed by atoms with E-state index < -0.39 is 5.97 Å². The van der Waals surface area contributed by atoms with Gasteiger partial charge in [-0.05, 0) is 44.4 Å². The molecule has 0 N–H and O–H groups in total. The van der Waals surface area contributed by atoms with Crippen molar-refractivity contribution in [3.63, 3.8) is 0 Å². The van der Waals surface area contributed by atoms with Gasteiger partial charge >= 0.3 is 5.97 Å². The first-order chi connectivity index (χ1) is 13.0. The van der Waals surface area contributed by atoms with Gasteiger partial charge in [0.25, 0.3) is 5.69 Å². The monoisotopic (exact) mass is 367 g/mol. The Labute approximate surface area is 157 Å². The number of aryl methyl sites for hydroxylation is 1. The average molecular weight is 367 g/mol. The molecule has 1 saturated heterocycles. The van der Waals surface area contributed by atoms with E-state index >= 15 is 0 Å². The second-order valence-electron chi connectivity index (χ2n) is 6.53. The summed E-state index contributed by atoms with van der Waals surface area (Å²) < 4.78 is 0. The number of rotatable bonds is 5. The van der Waals surface area contributed by atoms with Crippen molar-refractivity contribution in [2.24, 2.45) is 5.16 Å². The first kappa shape index (κ1) is 18.6. The third kappa shape index (κ3) is 4.69. The van der Waals surface area contributed by atoms with Crippen molar-refractivity contribution in [1.29, 1.82) is 0 Å². The van der Waals surface area contributed by atoms with Crippen LogP contribution in [-0.2, 0) is 4.84 Å². The highest BCUT2D eigenvalue weighted by atomic mass is 16.7. The van der Waals surface area contributed by atoms with Crippen molar-refractivity contribution in [2.75, 3.05) is 18.0 Å². The molecule has 0 bridgehead atoms. The molecule has 0 saturated carbocycles. The number of nitrogens with zero attached hydrogens (tertiary/aromatic N) is 3. The van der Waals surface area contributed by atoms with Crippen molar-refractivity contribution in [1.82, 2.24) is 0 Å². The highest BCUT2D eigenvalue weighted by Gasteiger charge is 2.21. The predicted octanol–water partition coefficient (Wildman–Crippen LogP) is 4.08. The van der Waals surface area contributed by atoms with Crippen LogP contribution in [0.5, 0.6) is 0 Å². The molecule has 7 heteroatoms. The van der Waals surface area contributed by atoms with E-state index in [1.54, 1.807) is 24.3 Å². The Kier molecular flexibility index (Phi) is 5.80. The minimum absolute atomic E-state index is 0.0331. The van der Waals surface area contributed by atoms with Gasteiger partial charge in [0.05, 0.1) is 16.7 Å². The molecule has 1 heterocycles. The number of hydrogen-bond donors (Lipinski definition) is 0. The van der Waals surface area contributed by atoms with Gasteiger partial charge in [0, 0.05) is 24.7 Å². The van der Waals surface area contributed by atoms with Crippen molar-refractivity contribution in [3.8, 4) is 0 Å². The molecule has 0 unspecified atom stereocenters.